The summed E-state index contributed by atoms with van der Waals surface area (Å²) in [5, 5.41) is 1.71. The molecule has 2 aromatic rings. The van der Waals surface area contributed by atoms with Gasteiger partial charge in [0, 0.05) is 11.8 Å². The molecule has 0 spiro atoms. The second-order valence-electron chi connectivity index (χ2n) is 2.83. The summed E-state index contributed by atoms with van der Waals surface area (Å²) in [7, 11) is 0. The molecule has 0 unspecified atom stereocenters. The third kappa shape index (κ3) is 2.06. The van der Waals surface area contributed by atoms with Crippen LogP contribution in [0.5, 0.6) is 0 Å². The van der Waals surface area contributed by atoms with E-state index in [1.807, 2.05) is 0 Å². The molecule has 0 saturated heterocycles. The monoisotopic (exact) mass is 241 g/mol. The van der Waals surface area contributed by atoms with Crippen molar-refractivity contribution in [3.63, 3.8) is 0 Å². The quantitative estimate of drug-likeness (QED) is 0.756. The van der Waals surface area contributed by atoms with Crippen molar-refractivity contribution in [3.05, 3.63) is 51.2 Å². The first-order valence-electron chi connectivity index (χ1n) is 4.07. The Morgan fingerprint density at radius 2 is 2.27 bits per heavy atom. The fourth-order valence-corrected chi connectivity index (χ4v) is 2.06. The molecule has 0 atom stereocenters. The molecule has 0 aliphatic carbocycles. The second-order valence-corrected chi connectivity index (χ2v) is 4.35. The van der Waals surface area contributed by atoms with Crippen molar-refractivity contribution in [1.29, 1.82) is 0 Å². The lowest BCUT2D eigenvalue weighted by atomic mass is 10.1. The van der Waals surface area contributed by atoms with Gasteiger partial charge < -0.3 is 0 Å². The van der Waals surface area contributed by atoms with E-state index >= 15 is 0 Å². The third-order valence-electron chi connectivity index (χ3n) is 1.83. The molecule has 2 nitrogen and oxygen atoms in total. The zero-order valence-electron chi connectivity index (χ0n) is 7.41. The first-order valence-corrected chi connectivity index (χ1v) is 5.32. The lowest BCUT2D eigenvalue weighted by Crippen LogP contribution is -2.01. The van der Waals surface area contributed by atoms with Crippen LogP contribution in [0.15, 0.2) is 29.9 Å². The summed E-state index contributed by atoms with van der Waals surface area (Å²) in [4.78, 5) is 15.4. The zero-order valence-corrected chi connectivity index (χ0v) is 8.98. The average Bonchev–Trinajstić information content (AvgIpc) is 2.63. The molecule has 0 aromatic carbocycles. The Morgan fingerprint density at radius 3 is 2.87 bits per heavy atom. The van der Waals surface area contributed by atoms with Crippen molar-refractivity contribution in [2.45, 2.75) is 0 Å². The molecule has 0 fully saturated rings. The maximum atomic E-state index is 12.8. The number of thiophene rings is 1. The number of nitrogens with zero attached hydrogens (tertiary/aromatic N) is 1. The molecule has 0 aliphatic rings. The Balaban J connectivity index is 2.41. The molecule has 0 radical (unpaired) electrons. The van der Waals surface area contributed by atoms with Gasteiger partial charge in [-0.1, -0.05) is 11.6 Å². The molecule has 0 N–H and O–H groups in total. The van der Waals surface area contributed by atoms with Crippen LogP contribution in [0.2, 0.25) is 4.34 Å². The molecule has 0 bridgehead atoms. The highest BCUT2D eigenvalue weighted by molar-refractivity contribution is 7.14. The maximum Gasteiger partial charge on any atom is 0.197 e. The second kappa shape index (κ2) is 4.08. The summed E-state index contributed by atoms with van der Waals surface area (Å²) in [6.07, 6.45) is 2.37. The first kappa shape index (κ1) is 10.3. The van der Waals surface area contributed by atoms with Gasteiger partial charge in [-0.2, -0.15) is 0 Å². The minimum Gasteiger partial charge on any atom is -0.288 e. The van der Waals surface area contributed by atoms with E-state index in [9.17, 15) is 9.18 Å². The molecule has 2 heterocycles. The summed E-state index contributed by atoms with van der Waals surface area (Å²) in [6, 6.07) is 2.75. The summed E-state index contributed by atoms with van der Waals surface area (Å²) < 4.78 is 13.2. The molecule has 0 aliphatic heterocycles. The van der Waals surface area contributed by atoms with Crippen LogP contribution >= 0.6 is 22.9 Å². The van der Waals surface area contributed by atoms with E-state index in [1.54, 1.807) is 11.4 Å². The Morgan fingerprint density at radius 1 is 1.47 bits per heavy atom. The third-order valence-corrected chi connectivity index (χ3v) is 3.00. The van der Waals surface area contributed by atoms with E-state index in [2.05, 4.69) is 4.98 Å². The number of pyridine rings is 1. The van der Waals surface area contributed by atoms with Crippen LogP contribution < -0.4 is 0 Å². The number of aromatic nitrogens is 1. The molecule has 0 amide bonds. The fourth-order valence-electron chi connectivity index (χ4n) is 1.15. The summed E-state index contributed by atoms with van der Waals surface area (Å²) >= 11 is 7.07. The Labute approximate surface area is 94.3 Å². The maximum absolute atomic E-state index is 12.8. The van der Waals surface area contributed by atoms with E-state index < -0.39 is 5.82 Å². The van der Waals surface area contributed by atoms with Crippen molar-refractivity contribution < 1.29 is 9.18 Å². The average molecular weight is 242 g/mol. The van der Waals surface area contributed by atoms with Crippen LogP contribution in [0.4, 0.5) is 4.39 Å². The minimum absolute atomic E-state index is 0.204. The highest BCUT2D eigenvalue weighted by atomic mass is 35.5. The lowest BCUT2D eigenvalue weighted by Gasteiger charge is -1.98. The van der Waals surface area contributed by atoms with E-state index in [4.69, 9.17) is 11.6 Å². The predicted molar refractivity (Wildman–Crippen MR) is 57.0 cm³/mol. The van der Waals surface area contributed by atoms with Gasteiger partial charge in [-0.25, -0.2) is 4.39 Å². The topological polar surface area (TPSA) is 30.0 Å². The molecule has 15 heavy (non-hydrogen) atoms. The summed E-state index contributed by atoms with van der Waals surface area (Å²) in [5.41, 5.74) is 0.587. The number of halogens is 2. The van der Waals surface area contributed by atoms with Crippen molar-refractivity contribution >= 4 is 28.7 Å². The van der Waals surface area contributed by atoms with Crippen molar-refractivity contribution in [2.24, 2.45) is 0 Å². The SMILES string of the molecule is O=C(c1cncc(F)c1)c1ccsc1Cl. The highest BCUT2D eigenvalue weighted by Crippen LogP contribution is 2.25. The number of carbonyl (C=O) groups is 1. The van der Waals surface area contributed by atoms with Crippen LogP contribution in [0, 0.1) is 5.82 Å². The standard InChI is InChI=1S/C10H5ClFNOS/c11-10-8(1-2-15-10)9(14)6-3-7(12)5-13-4-6/h1-5H. The van der Waals surface area contributed by atoms with E-state index in [0.29, 0.717) is 9.90 Å². The van der Waals surface area contributed by atoms with Gasteiger partial charge in [0.15, 0.2) is 5.78 Å². The summed E-state index contributed by atoms with van der Waals surface area (Å²) in [6.45, 7) is 0. The Bertz CT molecular complexity index is 512. The highest BCUT2D eigenvalue weighted by Gasteiger charge is 2.14. The van der Waals surface area contributed by atoms with Crippen LogP contribution in [-0.4, -0.2) is 10.8 Å². The van der Waals surface area contributed by atoms with Gasteiger partial charge in [0.05, 0.1) is 11.8 Å². The van der Waals surface area contributed by atoms with Crippen LogP contribution in [0.25, 0.3) is 0 Å². The number of hydrogen-bond acceptors (Lipinski definition) is 3. The van der Waals surface area contributed by atoms with Gasteiger partial charge in [0.2, 0.25) is 0 Å². The minimum atomic E-state index is -0.535. The zero-order chi connectivity index (χ0) is 10.8. The van der Waals surface area contributed by atoms with Crippen LogP contribution in [0.1, 0.15) is 15.9 Å². The Kier molecular flexibility index (Phi) is 2.79. The smallest absolute Gasteiger partial charge is 0.197 e. The number of carbonyl (C=O) groups excluding carboxylic acids is 1. The number of hydrogen-bond donors (Lipinski definition) is 0. The van der Waals surface area contributed by atoms with Gasteiger partial charge in [-0.3, -0.25) is 9.78 Å². The van der Waals surface area contributed by atoms with Crippen LogP contribution in [0.3, 0.4) is 0 Å². The van der Waals surface area contributed by atoms with Gasteiger partial charge in [0.25, 0.3) is 0 Å². The molecule has 2 aromatic heterocycles. The number of ketones is 1. The molecule has 76 valence electrons. The van der Waals surface area contributed by atoms with Crippen molar-refractivity contribution in [3.8, 4) is 0 Å². The first-order chi connectivity index (χ1) is 7.18. The largest absolute Gasteiger partial charge is 0.288 e. The lowest BCUT2D eigenvalue weighted by molar-refractivity contribution is 0.103. The molecular formula is C10H5ClFNOS. The number of rotatable bonds is 2. The normalized spacial score (nSPS) is 10.3. The molecule has 2 rings (SSSR count). The molecule has 0 saturated carbocycles. The van der Waals surface area contributed by atoms with Gasteiger partial charge in [-0.15, -0.1) is 11.3 Å². The molecular weight excluding hydrogens is 237 g/mol. The van der Waals surface area contributed by atoms with Crippen molar-refractivity contribution in [2.75, 3.05) is 0 Å². The predicted octanol–water partition coefficient (Wildman–Crippen LogP) is 3.17. The van der Waals surface area contributed by atoms with Crippen molar-refractivity contribution in [1.82, 2.24) is 4.98 Å². The summed E-state index contributed by atoms with van der Waals surface area (Å²) in [5.74, 6) is -0.847. The van der Waals surface area contributed by atoms with Gasteiger partial charge >= 0.3 is 0 Å². The fraction of sp³-hybridized carbons (Fsp3) is 0. The van der Waals surface area contributed by atoms with Gasteiger partial charge in [0.1, 0.15) is 10.2 Å². The van der Waals surface area contributed by atoms with E-state index in [1.165, 1.54) is 17.5 Å². The molecule has 5 heteroatoms. The van der Waals surface area contributed by atoms with E-state index in [-0.39, 0.29) is 11.3 Å². The van der Waals surface area contributed by atoms with Gasteiger partial charge in [-0.05, 0) is 17.5 Å². The Hall–Kier alpha value is -1.26. The van der Waals surface area contributed by atoms with E-state index in [0.717, 1.165) is 12.3 Å². The van der Waals surface area contributed by atoms with Crippen LogP contribution in [-0.2, 0) is 0 Å².